The molecule has 2 heterocycles. The van der Waals surface area contributed by atoms with Crippen LogP contribution in [0.4, 0.5) is 0 Å². The third kappa shape index (κ3) is 4.24. The number of aryl methyl sites for hydroxylation is 1. The minimum absolute atomic E-state index is 0.0530. The molecule has 2 saturated heterocycles. The second-order valence-corrected chi connectivity index (χ2v) is 9.04. The number of hydrogen-bond acceptors (Lipinski definition) is 3. The predicted octanol–water partition coefficient (Wildman–Crippen LogP) is 3.57. The molecule has 2 aromatic rings. The number of fused-ring (bicyclic) bond motifs is 1. The Bertz CT molecular complexity index is 875. The average Bonchev–Trinajstić information content (AvgIpc) is 3.50. The Balaban J connectivity index is 1.24. The van der Waals surface area contributed by atoms with Crippen LogP contribution in [0.2, 0.25) is 0 Å². The molecule has 152 valence electrons. The van der Waals surface area contributed by atoms with Crippen molar-refractivity contribution in [3.8, 4) is 0 Å². The molecule has 2 aliphatic heterocycles. The van der Waals surface area contributed by atoms with E-state index in [2.05, 4.69) is 47.5 Å². The van der Waals surface area contributed by atoms with E-state index in [9.17, 15) is 4.79 Å². The van der Waals surface area contributed by atoms with Crippen molar-refractivity contribution in [1.29, 1.82) is 0 Å². The quantitative estimate of drug-likeness (QED) is 0.849. The normalized spacial score (nSPS) is 26.9. The number of rotatable bonds is 5. The van der Waals surface area contributed by atoms with Crippen LogP contribution in [0.25, 0.3) is 0 Å². The van der Waals surface area contributed by atoms with E-state index in [-0.39, 0.29) is 11.9 Å². The first-order valence-electron chi connectivity index (χ1n) is 11.0. The molecular formula is C25H30N2O2. The highest BCUT2D eigenvalue weighted by Crippen LogP contribution is 2.37. The third-order valence-corrected chi connectivity index (χ3v) is 6.71. The Morgan fingerprint density at radius 3 is 2.69 bits per heavy atom. The van der Waals surface area contributed by atoms with Gasteiger partial charge in [-0.15, -0.1) is 0 Å². The zero-order valence-electron chi connectivity index (χ0n) is 17.1. The van der Waals surface area contributed by atoms with Crippen molar-refractivity contribution < 1.29 is 9.53 Å². The van der Waals surface area contributed by atoms with Crippen LogP contribution in [-0.2, 0) is 11.2 Å². The van der Waals surface area contributed by atoms with Crippen LogP contribution in [0.5, 0.6) is 0 Å². The maximum Gasteiger partial charge on any atom is 0.251 e. The van der Waals surface area contributed by atoms with Crippen LogP contribution in [0, 0.1) is 12.8 Å². The van der Waals surface area contributed by atoms with Gasteiger partial charge in [0.15, 0.2) is 0 Å². The second-order valence-electron chi connectivity index (χ2n) is 9.04. The smallest absolute Gasteiger partial charge is 0.251 e. The summed E-state index contributed by atoms with van der Waals surface area (Å²) in [6.45, 7) is 4.89. The van der Waals surface area contributed by atoms with E-state index >= 15 is 0 Å². The Kier molecular flexibility index (Phi) is 5.15. The standard InChI is InChI=1S/C25H30N2O2/c1-17-6-8-18(9-7-17)12-20-4-2-3-5-23(20)25(28)26-21-13-22-16-29-24(19-10-11-19)15-27(22)14-21/h2-9,19,21-22,24H,10-16H2,1H3,(H,26,28)/t21-,22+,24+/m1/s1. The van der Waals surface area contributed by atoms with E-state index in [0.717, 1.165) is 49.6 Å². The molecule has 1 N–H and O–H groups in total. The molecular weight excluding hydrogens is 360 g/mol. The Morgan fingerprint density at radius 1 is 1.10 bits per heavy atom. The second kappa shape index (κ2) is 7.92. The fourth-order valence-electron chi connectivity index (χ4n) is 4.84. The van der Waals surface area contributed by atoms with E-state index in [0.29, 0.717) is 12.1 Å². The van der Waals surface area contributed by atoms with Crippen LogP contribution in [-0.4, -0.2) is 48.7 Å². The summed E-state index contributed by atoms with van der Waals surface area (Å²) in [6.07, 6.45) is 4.82. The summed E-state index contributed by atoms with van der Waals surface area (Å²) >= 11 is 0. The Morgan fingerprint density at radius 2 is 1.90 bits per heavy atom. The zero-order valence-corrected chi connectivity index (χ0v) is 17.1. The van der Waals surface area contributed by atoms with Gasteiger partial charge in [-0.05, 0) is 55.7 Å². The van der Waals surface area contributed by atoms with Crippen molar-refractivity contribution in [2.45, 2.75) is 50.8 Å². The SMILES string of the molecule is Cc1ccc(Cc2ccccc2C(=O)N[C@@H]2C[C@H]3CO[C@H](C4CC4)CN3C2)cc1. The van der Waals surface area contributed by atoms with Gasteiger partial charge in [-0.3, -0.25) is 9.69 Å². The number of carbonyl (C=O) groups excluding carboxylic acids is 1. The molecule has 4 nitrogen and oxygen atoms in total. The van der Waals surface area contributed by atoms with Gasteiger partial charge in [-0.25, -0.2) is 0 Å². The third-order valence-electron chi connectivity index (χ3n) is 6.71. The number of nitrogens with zero attached hydrogens (tertiary/aromatic N) is 1. The summed E-state index contributed by atoms with van der Waals surface area (Å²) in [4.78, 5) is 15.6. The minimum Gasteiger partial charge on any atom is -0.375 e. The van der Waals surface area contributed by atoms with Crippen LogP contribution in [0.15, 0.2) is 48.5 Å². The number of hydrogen-bond donors (Lipinski definition) is 1. The van der Waals surface area contributed by atoms with E-state index in [1.54, 1.807) is 0 Å². The first-order chi connectivity index (χ1) is 14.2. The molecule has 3 atom stereocenters. The van der Waals surface area contributed by atoms with Crippen molar-refractivity contribution in [2.24, 2.45) is 5.92 Å². The molecule has 0 bridgehead atoms. The molecule has 5 rings (SSSR count). The highest BCUT2D eigenvalue weighted by atomic mass is 16.5. The van der Waals surface area contributed by atoms with Crippen molar-refractivity contribution in [1.82, 2.24) is 10.2 Å². The van der Waals surface area contributed by atoms with Crippen LogP contribution in [0.1, 0.15) is 46.3 Å². The van der Waals surface area contributed by atoms with E-state index < -0.39 is 0 Å². The van der Waals surface area contributed by atoms with Gasteiger partial charge >= 0.3 is 0 Å². The van der Waals surface area contributed by atoms with Gasteiger partial charge in [-0.1, -0.05) is 48.0 Å². The maximum absolute atomic E-state index is 13.1. The summed E-state index contributed by atoms with van der Waals surface area (Å²) in [5, 5.41) is 3.31. The van der Waals surface area contributed by atoms with Gasteiger partial charge in [0.1, 0.15) is 0 Å². The Hall–Kier alpha value is -2.17. The lowest BCUT2D eigenvalue weighted by atomic mass is 9.98. The topological polar surface area (TPSA) is 41.6 Å². The number of ether oxygens (including phenoxy) is 1. The number of morpholine rings is 1. The number of carbonyl (C=O) groups is 1. The fourth-order valence-corrected chi connectivity index (χ4v) is 4.84. The predicted molar refractivity (Wildman–Crippen MR) is 114 cm³/mol. The summed E-state index contributed by atoms with van der Waals surface area (Å²) in [5.74, 6) is 0.829. The lowest BCUT2D eigenvalue weighted by Crippen LogP contribution is -2.47. The molecule has 0 spiro atoms. The van der Waals surface area contributed by atoms with Crippen molar-refractivity contribution in [3.05, 3.63) is 70.8 Å². The van der Waals surface area contributed by atoms with Gasteiger partial charge in [0.25, 0.3) is 5.91 Å². The van der Waals surface area contributed by atoms with Gasteiger partial charge in [0.05, 0.1) is 12.7 Å². The van der Waals surface area contributed by atoms with Gasteiger partial charge in [-0.2, -0.15) is 0 Å². The van der Waals surface area contributed by atoms with Crippen molar-refractivity contribution >= 4 is 5.91 Å². The molecule has 1 amide bonds. The first-order valence-corrected chi connectivity index (χ1v) is 11.0. The molecule has 0 unspecified atom stereocenters. The minimum atomic E-state index is 0.0530. The van der Waals surface area contributed by atoms with Crippen molar-refractivity contribution in [2.75, 3.05) is 19.7 Å². The molecule has 0 radical (unpaired) electrons. The van der Waals surface area contributed by atoms with E-state index in [1.807, 2.05) is 18.2 Å². The molecule has 1 saturated carbocycles. The molecule has 4 heteroatoms. The molecule has 1 aliphatic carbocycles. The highest BCUT2D eigenvalue weighted by Gasteiger charge is 2.42. The molecule has 2 aromatic carbocycles. The van der Waals surface area contributed by atoms with E-state index in [1.165, 1.54) is 24.0 Å². The lowest BCUT2D eigenvalue weighted by molar-refractivity contribution is -0.0581. The van der Waals surface area contributed by atoms with Gasteiger partial charge in [0, 0.05) is 30.7 Å². The lowest BCUT2D eigenvalue weighted by Gasteiger charge is -2.35. The monoisotopic (exact) mass is 390 g/mol. The van der Waals surface area contributed by atoms with Gasteiger partial charge in [0.2, 0.25) is 0 Å². The summed E-state index contributed by atoms with van der Waals surface area (Å²) in [6, 6.07) is 17.2. The summed E-state index contributed by atoms with van der Waals surface area (Å²) in [7, 11) is 0. The molecule has 3 fully saturated rings. The summed E-state index contributed by atoms with van der Waals surface area (Å²) in [5.41, 5.74) is 4.37. The molecule has 3 aliphatic rings. The number of amides is 1. The number of nitrogens with one attached hydrogen (secondary N) is 1. The first kappa shape index (κ1) is 18.8. The van der Waals surface area contributed by atoms with Crippen molar-refractivity contribution in [3.63, 3.8) is 0 Å². The maximum atomic E-state index is 13.1. The molecule has 0 aromatic heterocycles. The van der Waals surface area contributed by atoms with E-state index in [4.69, 9.17) is 4.74 Å². The van der Waals surface area contributed by atoms with Crippen LogP contribution >= 0.6 is 0 Å². The molecule has 29 heavy (non-hydrogen) atoms. The fraction of sp³-hybridized carbons (Fsp3) is 0.480. The largest absolute Gasteiger partial charge is 0.375 e. The highest BCUT2D eigenvalue weighted by molar-refractivity contribution is 5.96. The van der Waals surface area contributed by atoms with Crippen LogP contribution < -0.4 is 5.32 Å². The summed E-state index contributed by atoms with van der Waals surface area (Å²) < 4.78 is 6.09. The zero-order chi connectivity index (χ0) is 19.8. The number of benzene rings is 2. The van der Waals surface area contributed by atoms with Crippen LogP contribution in [0.3, 0.4) is 0 Å². The average molecular weight is 391 g/mol. The van der Waals surface area contributed by atoms with Gasteiger partial charge < -0.3 is 10.1 Å². The Labute approximate surface area is 173 Å².